The Balaban J connectivity index is 1.86. The summed E-state index contributed by atoms with van der Waals surface area (Å²) in [4.78, 5) is 25.4. The molecule has 5 nitrogen and oxygen atoms in total. The smallest absolute Gasteiger partial charge is 0.405 e. The van der Waals surface area contributed by atoms with Crippen LogP contribution < -0.4 is 10.1 Å². The Hall–Kier alpha value is -2.25. The van der Waals surface area contributed by atoms with E-state index in [9.17, 15) is 22.8 Å². The third-order valence-electron chi connectivity index (χ3n) is 4.16. The van der Waals surface area contributed by atoms with Crippen molar-refractivity contribution < 1.29 is 27.5 Å². The topological polar surface area (TPSA) is 58.6 Å². The number of amides is 2. The molecular weight excluding hydrogens is 337 g/mol. The van der Waals surface area contributed by atoms with Crippen LogP contribution in [0.25, 0.3) is 0 Å². The van der Waals surface area contributed by atoms with E-state index in [0.29, 0.717) is 13.0 Å². The van der Waals surface area contributed by atoms with Gasteiger partial charge in [0.05, 0.1) is 13.0 Å². The van der Waals surface area contributed by atoms with Gasteiger partial charge in [-0.05, 0) is 30.5 Å². The van der Waals surface area contributed by atoms with E-state index in [4.69, 9.17) is 4.74 Å². The molecule has 0 radical (unpaired) electrons. The van der Waals surface area contributed by atoms with E-state index < -0.39 is 24.5 Å². The van der Waals surface area contributed by atoms with E-state index in [-0.39, 0.29) is 25.3 Å². The first-order valence-electron chi connectivity index (χ1n) is 8.03. The fourth-order valence-corrected chi connectivity index (χ4v) is 2.73. The highest BCUT2D eigenvalue weighted by molar-refractivity contribution is 5.83. The molecule has 1 aromatic carbocycles. The minimum Gasteiger partial charge on any atom is -0.497 e. The number of hydrogen-bond acceptors (Lipinski definition) is 3. The van der Waals surface area contributed by atoms with Crippen LogP contribution in [0.15, 0.2) is 24.3 Å². The molecule has 1 saturated heterocycles. The highest BCUT2D eigenvalue weighted by Gasteiger charge is 2.33. The number of benzene rings is 1. The van der Waals surface area contributed by atoms with Crippen molar-refractivity contribution in [2.75, 3.05) is 26.7 Å². The summed E-state index contributed by atoms with van der Waals surface area (Å²) in [5.74, 6) is -0.595. The second kappa shape index (κ2) is 8.22. The zero-order valence-corrected chi connectivity index (χ0v) is 13.9. The molecule has 1 heterocycles. The van der Waals surface area contributed by atoms with Crippen molar-refractivity contribution >= 4 is 11.8 Å². The Morgan fingerprint density at radius 1 is 1.32 bits per heavy atom. The zero-order valence-electron chi connectivity index (χ0n) is 13.9. The zero-order chi connectivity index (χ0) is 18.4. The first kappa shape index (κ1) is 19.1. The number of rotatable bonds is 6. The van der Waals surface area contributed by atoms with Gasteiger partial charge >= 0.3 is 6.18 Å². The van der Waals surface area contributed by atoms with Crippen molar-refractivity contribution in [3.05, 3.63) is 29.8 Å². The lowest BCUT2D eigenvalue weighted by Crippen LogP contribution is -2.47. The Kier molecular flexibility index (Phi) is 6.27. The molecule has 1 atom stereocenters. The molecule has 0 unspecified atom stereocenters. The van der Waals surface area contributed by atoms with Crippen LogP contribution >= 0.6 is 0 Å². The number of carbonyl (C=O) groups is 2. The number of nitrogens with zero attached hydrogens (tertiary/aromatic N) is 1. The number of ether oxygens (including phenoxy) is 1. The van der Waals surface area contributed by atoms with Gasteiger partial charge in [0.15, 0.2) is 0 Å². The molecule has 1 fully saturated rings. The quantitative estimate of drug-likeness (QED) is 0.848. The van der Waals surface area contributed by atoms with Crippen molar-refractivity contribution in [2.24, 2.45) is 5.92 Å². The number of piperidine rings is 1. The minimum atomic E-state index is -4.44. The normalized spacial score (nSPS) is 18.2. The second-order valence-corrected chi connectivity index (χ2v) is 6.01. The number of alkyl halides is 3. The number of nitrogens with one attached hydrogen (secondary N) is 1. The van der Waals surface area contributed by atoms with Crippen LogP contribution in [0.2, 0.25) is 0 Å². The molecule has 0 spiro atoms. The summed E-state index contributed by atoms with van der Waals surface area (Å²) in [6, 6.07) is 7.42. The molecule has 138 valence electrons. The summed E-state index contributed by atoms with van der Waals surface area (Å²) in [5.41, 5.74) is 1.01. The maximum Gasteiger partial charge on any atom is 0.405 e. The van der Waals surface area contributed by atoms with Crippen LogP contribution in [0, 0.1) is 5.92 Å². The van der Waals surface area contributed by atoms with Crippen LogP contribution in [0.1, 0.15) is 18.4 Å². The highest BCUT2D eigenvalue weighted by Crippen LogP contribution is 2.20. The third-order valence-corrected chi connectivity index (χ3v) is 4.16. The van der Waals surface area contributed by atoms with Gasteiger partial charge in [-0.15, -0.1) is 0 Å². The molecule has 25 heavy (non-hydrogen) atoms. The SMILES string of the molecule is COc1ccc(CCN2C[C@H](C(=O)NCC(F)(F)F)CCC2=O)cc1. The third kappa shape index (κ3) is 5.95. The maximum atomic E-state index is 12.2. The molecule has 1 N–H and O–H groups in total. The average molecular weight is 358 g/mol. The van der Waals surface area contributed by atoms with Crippen LogP contribution in [0.3, 0.4) is 0 Å². The Labute approximate surface area is 144 Å². The van der Waals surface area contributed by atoms with Gasteiger partial charge in [-0.3, -0.25) is 9.59 Å². The van der Waals surface area contributed by atoms with E-state index in [1.165, 1.54) is 0 Å². The molecule has 8 heteroatoms. The van der Waals surface area contributed by atoms with Crippen LogP contribution in [0.5, 0.6) is 5.75 Å². The second-order valence-electron chi connectivity index (χ2n) is 6.01. The molecule has 1 aromatic rings. The predicted octanol–water partition coefficient (Wildman–Crippen LogP) is 2.15. The largest absolute Gasteiger partial charge is 0.497 e. The Bertz CT molecular complexity index is 602. The fraction of sp³-hybridized carbons (Fsp3) is 0.529. The highest BCUT2D eigenvalue weighted by atomic mass is 19.4. The van der Waals surface area contributed by atoms with Gasteiger partial charge in [0.2, 0.25) is 11.8 Å². The Morgan fingerprint density at radius 2 is 2.00 bits per heavy atom. The lowest BCUT2D eigenvalue weighted by molar-refractivity contribution is -0.145. The van der Waals surface area contributed by atoms with Crippen LogP contribution in [-0.4, -0.2) is 49.6 Å². The summed E-state index contributed by atoms with van der Waals surface area (Å²) in [6.45, 7) is -0.769. The lowest BCUT2D eigenvalue weighted by Gasteiger charge is -2.32. The minimum absolute atomic E-state index is 0.0756. The summed E-state index contributed by atoms with van der Waals surface area (Å²) in [7, 11) is 1.57. The van der Waals surface area contributed by atoms with Crippen molar-refractivity contribution in [1.82, 2.24) is 10.2 Å². The number of hydrogen-bond donors (Lipinski definition) is 1. The number of likely N-dealkylation sites (tertiary alicyclic amines) is 1. The fourth-order valence-electron chi connectivity index (χ4n) is 2.73. The molecule has 2 rings (SSSR count). The number of carbonyl (C=O) groups excluding carboxylic acids is 2. The number of methoxy groups -OCH3 is 1. The van der Waals surface area contributed by atoms with Gasteiger partial charge in [-0.2, -0.15) is 13.2 Å². The molecular formula is C17H21F3N2O3. The summed E-state index contributed by atoms with van der Waals surface area (Å²) in [5, 5.41) is 1.90. The maximum absolute atomic E-state index is 12.2. The first-order valence-corrected chi connectivity index (χ1v) is 8.03. The van der Waals surface area contributed by atoms with E-state index in [0.717, 1.165) is 11.3 Å². The molecule has 1 aliphatic heterocycles. The Morgan fingerprint density at radius 3 is 2.60 bits per heavy atom. The first-order chi connectivity index (χ1) is 11.8. The lowest BCUT2D eigenvalue weighted by atomic mass is 9.96. The van der Waals surface area contributed by atoms with Gasteiger partial charge in [0.1, 0.15) is 12.3 Å². The molecule has 0 bridgehead atoms. The molecule has 1 aliphatic rings. The van der Waals surface area contributed by atoms with Crippen molar-refractivity contribution in [1.29, 1.82) is 0 Å². The van der Waals surface area contributed by atoms with Gasteiger partial charge in [0, 0.05) is 19.5 Å². The van der Waals surface area contributed by atoms with E-state index in [1.54, 1.807) is 12.0 Å². The van der Waals surface area contributed by atoms with E-state index in [1.807, 2.05) is 29.6 Å². The average Bonchev–Trinajstić information content (AvgIpc) is 2.58. The summed E-state index contributed by atoms with van der Waals surface area (Å²) in [6.07, 6.45) is -3.38. The van der Waals surface area contributed by atoms with Gasteiger partial charge in [0.25, 0.3) is 0 Å². The van der Waals surface area contributed by atoms with Crippen molar-refractivity contribution in [3.63, 3.8) is 0 Å². The monoisotopic (exact) mass is 358 g/mol. The van der Waals surface area contributed by atoms with E-state index in [2.05, 4.69) is 0 Å². The molecule has 0 aromatic heterocycles. The summed E-state index contributed by atoms with van der Waals surface area (Å²) >= 11 is 0. The van der Waals surface area contributed by atoms with Crippen molar-refractivity contribution in [2.45, 2.75) is 25.4 Å². The molecule has 0 saturated carbocycles. The van der Waals surface area contributed by atoms with Crippen LogP contribution in [0.4, 0.5) is 13.2 Å². The predicted molar refractivity (Wildman–Crippen MR) is 85.1 cm³/mol. The standard InChI is InChI=1S/C17H21F3N2O3/c1-25-14-5-2-12(3-6-14)8-9-22-10-13(4-7-15(22)23)16(24)21-11-17(18,19)20/h2-3,5-6,13H,4,7-11H2,1H3,(H,21,24)/t13-/m1/s1. The van der Waals surface area contributed by atoms with Gasteiger partial charge < -0.3 is 15.0 Å². The van der Waals surface area contributed by atoms with Gasteiger partial charge in [-0.25, -0.2) is 0 Å². The van der Waals surface area contributed by atoms with E-state index >= 15 is 0 Å². The number of halogens is 3. The van der Waals surface area contributed by atoms with Gasteiger partial charge in [-0.1, -0.05) is 12.1 Å². The molecule has 0 aliphatic carbocycles. The molecule has 2 amide bonds. The van der Waals surface area contributed by atoms with Crippen molar-refractivity contribution in [3.8, 4) is 5.75 Å². The summed E-state index contributed by atoms with van der Waals surface area (Å²) < 4.78 is 41.7. The van der Waals surface area contributed by atoms with Crippen LogP contribution in [-0.2, 0) is 16.0 Å².